The van der Waals surface area contributed by atoms with Gasteiger partial charge in [-0.2, -0.15) is 0 Å². The summed E-state index contributed by atoms with van der Waals surface area (Å²) in [5.41, 5.74) is 0. The predicted octanol–water partition coefficient (Wildman–Crippen LogP) is 6.85. The molecule has 0 radical (unpaired) electrons. The minimum Gasteiger partial charge on any atom is -0.457 e. The van der Waals surface area contributed by atoms with Crippen molar-refractivity contribution >= 4 is 10.9 Å². The Hall–Kier alpha value is -3.11. The van der Waals surface area contributed by atoms with E-state index in [1.165, 1.54) is 9.79 Å². The van der Waals surface area contributed by atoms with Crippen LogP contribution < -0.4 is 4.74 Å². The van der Waals surface area contributed by atoms with Gasteiger partial charge in [0.15, 0.2) is 14.7 Å². The van der Waals surface area contributed by atoms with Crippen LogP contribution in [0.1, 0.15) is 0 Å². The summed E-state index contributed by atoms with van der Waals surface area (Å²) in [6, 6.07) is 31.4. The predicted molar refractivity (Wildman–Crippen MR) is 108 cm³/mol. The first kappa shape index (κ1) is 18.3. The molecule has 28 heavy (non-hydrogen) atoms. The lowest BCUT2D eigenvalue weighted by atomic mass is 10.3. The van der Waals surface area contributed by atoms with E-state index in [9.17, 15) is 8.78 Å². The second-order valence-corrected chi connectivity index (χ2v) is 8.14. The van der Waals surface area contributed by atoms with Crippen molar-refractivity contribution in [2.24, 2.45) is 0 Å². The van der Waals surface area contributed by atoms with Gasteiger partial charge in [-0.1, -0.05) is 36.4 Å². The lowest BCUT2D eigenvalue weighted by Gasteiger charge is -2.09. The highest BCUT2D eigenvalue weighted by Gasteiger charge is 2.28. The third kappa shape index (κ3) is 4.24. The highest BCUT2D eigenvalue weighted by atomic mass is 32.2. The van der Waals surface area contributed by atoms with Gasteiger partial charge in [-0.25, -0.2) is 8.78 Å². The minimum absolute atomic E-state index is 0.135. The van der Waals surface area contributed by atoms with Crippen LogP contribution in [0.25, 0.3) is 0 Å². The van der Waals surface area contributed by atoms with Crippen LogP contribution in [0.15, 0.2) is 118 Å². The van der Waals surface area contributed by atoms with E-state index in [0.717, 1.165) is 23.1 Å². The van der Waals surface area contributed by atoms with Crippen LogP contribution in [-0.2, 0) is 10.9 Å². The zero-order chi connectivity index (χ0) is 19.3. The highest BCUT2D eigenvalue weighted by molar-refractivity contribution is 7.97. The summed E-state index contributed by atoms with van der Waals surface area (Å²) in [5, 5.41) is 0. The monoisotopic (exact) mass is 391 g/mol. The molecule has 138 valence electrons. The SMILES string of the molecule is Fc1cc(F)cc(Oc2ccc([S+](c3ccccc3)c3ccccc3)cc2)c1. The van der Waals surface area contributed by atoms with E-state index in [-0.39, 0.29) is 16.6 Å². The summed E-state index contributed by atoms with van der Waals surface area (Å²) in [4.78, 5) is 3.57. The molecule has 4 aromatic rings. The minimum atomic E-state index is -0.665. The Bertz CT molecular complexity index is 991. The fourth-order valence-electron chi connectivity index (χ4n) is 2.89. The van der Waals surface area contributed by atoms with Crippen LogP contribution in [0.5, 0.6) is 11.5 Å². The summed E-state index contributed by atoms with van der Waals surface area (Å²) in [6.07, 6.45) is 0. The van der Waals surface area contributed by atoms with Crippen molar-refractivity contribution in [3.05, 3.63) is 115 Å². The first-order chi connectivity index (χ1) is 13.7. The van der Waals surface area contributed by atoms with Gasteiger partial charge in [0.2, 0.25) is 0 Å². The summed E-state index contributed by atoms with van der Waals surface area (Å²) in [6.45, 7) is 0. The Morgan fingerprint density at radius 2 is 0.964 bits per heavy atom. The molecule has 1 nitrogen and oxygen atoms in total. The average molecular weight is 391 g/mol. The smallest absolute Gasteiger partial charge is 0.166 e. The maximum atomic E-state index is 13.4. The van der Waals surface area contributed by atoms with Crippen molar-refractivity contribution in [2.75, 3.05) is 0 Å². The third-order valence-corrected chi connectivity index (χ3v) is 6.32. The van der Waals surface area contributed by atoms with Crippen molar-refractivity contribution in [2.45, 2.75) is 14.7 Å². The molecule has 4 rings (SSSR count). The van der Waals surface area contributed by atoms with Gasteiger partial charge in [-0.15, -0.1) is 0 Å². The van der Waals surface area contributed by atoms with Gasteiger partial charge in [0.25, 0.3) is 0 Å². The number of hydrogen-bond acceptors (Lipinski definition) is 1. The summed E-state index contributed by atoms with van der Waals surface area (Å²) < 4.78 is 32.3. The molecule has 0 N–H and O–H groups in total. The molecule has 0 aromatic heterocycles. The second kappa shape index (κ2) is 8.28. The average Bonchev–Trinajstić information content (AvgIpc) is 2.70. The van der Waals surface area contributed by atoms with Crippen molar-refractivity contribution in [1.29, 1.82) is 0 Å². The molecule has 0 unspecified atom stereocenters. The van der Waals surface area contributed by atoms with Gasteiger partial charge in [-0.3, -0.25) is 0 Å². The Labute approximate surface area is 165 Å². The maximum absolute atomic E-state index is 13.4. The molecule has 0 bridgehead atoms. The summed E-state index contributed by atoms with van der Waals surface area (Å²) in [5.74, 6) is -0.670. The molecular formula is C24H17F2OS+. The number of hydrogen-bond donors (Lipinski definition) is 0. The molecule has 0 saturated heterocycles. The number of halogens is 2. The normalized spacial score (nSPS) is 10.8. The Kier molecular flexibility index (Phi) is 5.40. The quantitative estimate of drug-likeness (QED) is 0.338. The summed E-state index contributed by atoms with van der Waals surface area (Å²) in [7, 11) is -0.252. The molecule has 4 heteroatoms. The van der Waals surface area contributed by atoms with Crippen LogP contribution >= 0.6 is 0 Å². The molecule has 0 heterocycles. The molecule has 0 amide bonds. The van der Waals surface area contributed by atoms with Crippen molar-refractivity contribution in [3.63, 3.8) is 0 Å². The van der Waals surface area contributed by atoms with Crippen LogP contribution in [0.3, 0.4) is 0 Å². The van der Waals surface area contributed by atoms with Gasteiger partial charge in [0.1, 0.15) is 23.1 Å². The van der Waals surface area contributed by atoms with E-state index in [1.54, 1.807) is 0 Å². The molecule has 0 aliphatic carbocycles. The summed E-state index contributed by atoms with van der Waals surface area (Å²) >= 11 is 0. The lowest BCUT2D eigenvalue weighted by molar-refractivity contribution is 0.468. The molecule has 4 aromatic carbocycles. The molecular weight excluding hydrogens is 374 g/mol. The second-order valence-electron chi connectivity index (χ2n) is 6.11. The first-order valence-corrected chi connectivity index (χ1v) is 10.00. The fourth-order valence-corrected chi connectivity index (χ4v) is 4.97. The van der Waals surface area contributed by atoms with E-state index in [1.807, 2.05) is 60.7 Å². The molecule has 0 saturated carbocycles. The molecule has 0 aliphatic rings. The van der Waals surface area contributed by atoms with Crippen LogP contribution in [0.2, 0.25) is 0 Å². The van der Waals surface area contributed by atoms with Gasteiger partial charge in [0, 0.05) is 18.2 Å². The maximum Gasteiger partial charge on any atom is 0.166 e. The topological polar surface area (TPSA) is 9.23 Å². The highest BCUT2D eigenvalue weighted by Crippen LogP contribution is 2.32. The van der Waals surface area contributed by atoms with Crippen molar-refractivity contribution in [1.82, 2.24) is 0 Å². The first-order valence-electron chi connectivity index (χ1n) is 8.77. The zero-order valence-corrected chi connectivity index (χ0v) is 15.7. The number of benzene rings is 4. The van der Waals surface area contributed by atoms with Crippen molar-refractivity contribution < 1.29 is 13.5 Å². The number of ether oxygens (including phenoxy) is 1. The lowest BCUT2D eigenvalue weighted by Crippen LogP contribution is -2.04. The van der Waals surface area contributed by atoms with Gasteiger partial charge < -0.3 is 4.74 Å². The molecule has 0 fully saturated rings. The molecule has 0 aliphatic heterocycles. The van der Waals surface area contributed by atoms with Crippen molar-refractivity contribution in [3.8, 4) is 11.5 Å². The van der Waals surface area contributed by atoms with E-state index >= 15 is 0 Å². The van der Waals surface area contributed by atoms with E-state index in [4.69, 9.17) is 4.74 Å². The van der Waals surface area contributed by atoms with Gasteiger partial charge >= 0.3 is 0 Å². The van der Waals surface area contributed by atoms with Gasteiger partial charge in [-0.05, 0) is 48.5 Å². The van der Waals surface area contributed by atoms with E-state index in [2.05, 4.69) is 24.3 Å². The number of rotatable bonds is 5. The molecule has 0 spiro atoms. The Morgan fingerprint density at radius 1 is 0.500 bits per heavy atom. The standard InChI is InChI=1S/C24H17F2OS/c25-18-15-19(26)17-21(16-18)27-20-11-13-24(14-12-20)28(22-7-3-1-4-8-22)23-9-5-2-6-10-23/h1-17H/q+1. The Balaban J connectivity index is 1.65. The fraction of sp³-hybridized carbons (Fsp3) is 0. The van der Waals surface area contributed by atoms with E-state index < -0.39 is 11.6 Å². The molecule has 0 atom stereocenters. The van der Waals surface area contributed by atoms with Crippen LogP contribution in [0.4, 0.5) is 8.78 Å². The van der Waals surface area contributed by atoms with Crippen LogP contribution in [-0.4, -0.2) is 0 Å². The Morgan fingerprint density at radius 3 is 1.46 bits per heavy atom. The largest absolute Gasteiger partial charge is 0.457 e. The van der Waals surface area contributed by atoms with Gasteiger partial charge in [0.05, 0.1) is 10.9 Å². The van der Waals surface area contributed by atoms with Crippen LogP contribution in [0, 0.1) is 11.6 Å². The third-order valence-electron chi connectivity index (χ3n) is 4.09. The van der Waals surface area contributed by atoms with E-state index in [0.29, 0.717) is 5.75 Å². The zero-order valence-electron chi connectivity index (χ0n) is 14.9.